The first-order chi connectivity index (χ1) is 8.01. The highest BCUT2D eigenvalue weighted by Crippen LogP contribution is 2.39. The maximum absolute atomic E-state index is 12.2. The van der Waals surface area contributed by atoms with Gasteiger partial charge in [0, 0.05) is 14.9 Å². The Hall–Kier alpha value is -0.540. The fourth-order valence-electron chi connectivity index (χ4n) is 2.25. The lowest BCUT2D eigenvalue weighted by molar-refractivity contribution is -0.124. The summed E-state index contributed by atoms with van der Waals surface area (Å²) in [6, 6.07) is 5.40. The Bertz CT molecular complexity index is 441. The van der Waals surface area contributed by atoms with Gasteiger partial charge in [0.15, 0.2) is 0 Å². The second-order valence-corrected chi connectivity index (χ2v) is 6.14. The number of benzene rings is 1. The summed E-state index contributed by atoms with van der Waals surface area (Å²) >= 11 is 9.33. The van der Waals surface area contributed by atoms with Crippen molar-refractivity contribution in [2.45, 2.75) is 32.6 Å². The van der Waals surface area contributed by atoms with E-state index in [4.69, 9.17) is 11.6 Å². The summed E-state index contributed by atoms with van der Waals surface area (Å²) in [6.45, 7) is 2.04. The maximum Gasteiger partial charge on any atom is 0.230 e. The molecule has 0 heterocycles. The molecule has 2 nitrogen and oxygen atoms in total. The summed E-state index contributed by atoms with van der Waals surface area (Å²) in [5, 5.41) is 3.59. The summed E-state index contributed by atoms with van der Waals surface area (Å²) in [5.74, 6) is 0.0953. The van der Waals surface area contributed by atoms with Gasteiger partial charge in [-0.25, -0.2) is 0 Å². The molecule has 92 valence electrons. The second kappa shape index (κ2) is 4.99. The quantitative estimate of drug-likeness (QED) is 0.847. The molecule has 1 saturated carbocycles. The van der Waals surface area contributed by atoms with Gasteiger partial charge in [0.05, 0.1) is 5.69 Å². The zero-order valence-electron chi connectivity index (χ0n) is 9.72. The molecule has 4 heteroatoms. The van der Waals surface area contributed by atoms with Crippen LogP contribution in [0.1, 0.15) is 32.6 Å². The Balaban J connectivity index is 2.15. The van der Waals surface area contributed by atoms with Crippen LogP contribution in [0.25, 0.3) is 0 Å². The van der Waals surface area contributed by atoms with E-state index in [0.29, 0.717) is 5.02 Å². The van der Waals surface area contributed by atoms with Crippen molar-refractivity contribution in [1.29, 1.82) is 0 Å². The second-order valence-electron chi connectivity index (χ2n) is 4.85. The lowest BCUT2D eigenvalue weighted by Gasteiger charge is -2.22. The summed E-state index contributed by atoms with van der Waals surface area (Å²) in [6.07, 6.45) is 4.22. The molecule has 1 N–H and O–H groups in total. The molecule has 1 aliphatic rings. The molecule has 0 aromatic heterocycles. The predicted molar refractivity (Wildman–Crippen MR) is 74.4 cm³/mol. The van der Waals surface area contributed by atoms with Crippen LogP contribution in [-0.4, -0.2) is 5.91 Å². The molecule has 1 aromatic carbocycles. The molecule has 1 aromatic rings. The Morgan fingerprint density at radius 2 is 2.06 bits per heavy atom. The van der Waals surface area contributed by atoms with Crippen molar-refractivity contribution >= 4 is 39.1 Å². The van der Waals surface area contributed by atoms with Gasteiger partial charge < -0.3 is 5.32 Å². The van der Waals surface area contributed by atoms with E-state index >= 15 is 0 Å². The Morgan fingerprint density at radius 3 is 2.71 bits per heavy atom. The fourth-order valence-corrected chi connectivity index (χ4v) is 2.77. The van der Waals surface area contributed by atoms with Crippen LogP contribution in [-0.2, 0) is 4.79 Å². The molecule has 0 unspecified atom stereocenters. The lowest BCUT2D eigenvalue weighted by atomic mass is 9.88. The van der Waals surface area contributed by atoms with Crippen LogP contribution in [0.2, 0.25) is 5.02 Å². The highest BCUT2D eigenvalue weighted by molar-refractivity contribution is 9.10. The molecule has 0 bridgehead atoms. The first-order valence-corrected chi connectivity index (χ1v) is 6.95. The van der Waals surface area contributed by atoms with Crippen molar-refractivity contribution in [2.24, 2.45) is 5.41 Å². The number of carbonyl (C=O) groups excluding carboxylic acids is 1. The van der Waals surface area contributed by atoms with Crippen LogP contribution in [0.15, 0.2) is 22.7 Å². The summed E-state index contributed by atoms with van der Waals surface area (Å²) in [5.41, 5.74) is 0.525. The van der Waals surface area contributed by atoms with Crippen LogP contribution in [0, 0.1) is 5.41 Å². The molecule has 17 heavy (non-hydrogen) atoms. The molecule has 1 fully saturated rings. The molecule has 0 radical (unpaired) electrons. The lowest BCUT2D eigenvalue weighted by Crippen LogP contribution is -2.30. The van der Waals surface area contributed by atoms with E-state index in [9.17, 15) is 4.79 Å². The molecule has 0 aliphatic heterocycles. The van der Waals surface area contributed by atoms with Gasteiger partial charge in [0.1, 0.15) is 0 Å². The van der Waals surface area contributed by atoms with Gasteiger partial charge >= 0.3 is 0 Å². The number of hydrogen-bond acceptors (Lipinski definition) is 1. The van der Waals surface area contributed by atoms with E-state index in [1.807, 2.05) is 13.0 Å². The van der Waals surface area contributed by atoms with E-state index in [-0.39, 0.29) is 11.3 Å². The van der Waals surface area contributed by atoms with Gasteiger partial charge in [-0.3, -0.25) is 4.79 Å². The van der Waals surface area contributed by atoms with Crippen LogP contribution >= 0.6 is 27.5 Å². The molecule has 0 saturated heterocycles. The number of nitrogens with one attached hydrogen (secondary N) is 1. The fraction of sp³-hybridized carbons (Fsp3) is 0.462. The number of hydrogen-bond donors (Lipinski definition) is 1. The normalized spacial score (nSPS) is 18.1. The minimum absolute atomic E-state index is 0.0953. The van der Waals surface area contributed by atoms with E-state index in [1.54, 1.807) is 12.1 Å². The predicted octanol–water partition coefficient (Wildman–Crippen LogP) is 4.62. The van der Waals surface area contributed by atoms with Gasteiger partial charge in [-0.1, -0.05) is 31.4 Å². The van der Waals surface area contributed by atoms with Gasteiger partial charge in [-0.05, 0) is 47.0 Å². The van der Waals surface area contributed by atoms with Crippen LogP contribution in [0.4, 0.5) is 5.69 Å². The smallest absolute Gasteiger partial charge is 0.230 e. The minimum atomic E-state index is -0.220. The molecule has 1 aliphatic carbocycles. The monoisotopic (exact) mass is 315 g/mol. The Morgan fingerprint density at radius 1 is 1.41 bits per heavy atom. The molecule has 2 rings (SSSR count). The minimum Gasteiger partial charge on any atom is -0.325 e. The van der Waals surface area contributed by atoms with Crippen molar-refractivity contribution in [3.8, 4) is 0 Å². The van der Waals surface area contributed by atoms with E-state index in [1.165, 1.54) is 0 Å². The number of anilines is 1. The van der Waals surface area contributed by atoms with Crippen molar-refractivity contribution in [3.63, 3.8) is 0 Å². The van der Waals surface area contributed by atoms with Crippen molar-refractivity contribution in [3.05, 3.63) is 27.7 Å². The zero-order valence-corrected chi connectivity index (χ0v) is 12.1. The molecular weight excluding hydrogens is 302 g/mol. The summed E-state index contributed by atoms with van der Waals surface area (Å²) < 4.78 is 0.858. The third-order valence-corrected chi connectivity index (χ3v) is 4.36. The average Bonchev–Trinajstić information content (AvgIpc) is 2.72. The van der Waals surface area contributed by atoms with Gasteiger partial charge in [0.25, 0.3) is 0 Å². The molecule has 1 amide bonds. The topological polar surface area (TPSA) is 29.1 Å². The molecule has 0 spiro atoms. The number of halogens is 2. The van der Waals surface area contributed by atoms with Gasteiger partial charge in [-0.15, -0.1) is 0 Å². The van der Waals surface area contributed by atoms with E-state index in [2.05, 4.69) is 21.2 Å². The highest BCUT2D eigenvalue weighted by Gasteiger charge is 2.36. The van der Waals surface area contributed by atoms with Crippen molar-refractivity contribution in [2.75, 3.05) is 5.32 Å². The van der Waals surface area contributed by atoms with Crippen LogP contribution in [0.3, 0.4) is 0 Å². The SMILES string of the molecule is CC1(C(=O)Nc2cc(Cl)ccc2Br)CCCC1. The standard InChI is InChI=1S/C13H15BrClNO/c1-13(6-2-3-7-13)12(17)16-11-8-9(15)4-5-10(11)14/h4-5,8H,2-3,6-7H2,1H3,(H,16,17). The first kappa shape index (κ1) is 12.9. The largest absolute Gasteiger partial charge is 0.325 e. The average molecular weight is 317 g/mol. The molecule has 0 atom stereocenters. The summed E-state index contributed by atoms with van der Waals surface area (Å²) in [4.78, 5) is 12.2. The Labute approximate surface area is 115 Å². The molecular formula is C13H15BrClNO. The van der Waals surface area contributed by atoms with Gasteiger partial charge in [0.2, 0.25) is 5.91 Å². The number of carbonyl (C=O) groups is 1. The van der Waals surface area contributed by atoms with Gasteiger partial charge in [-0.2, -0.15) is 0 Å². The maximum atomic E-state index is 12.2. The van der Waals surface area contributed by atoms with Crippen molar-refractivity contribution in [1.82, 2.24) is 0 Å². The van der Waals surface area contributed by atoms with Crippen LogP contribution in [0.5, 0.6) is 0 Å². The van der Waals surface area contributed by atoms with E-state index < -0.39 is 0 Å². The summed E-state index contributed by atoms with van der Waals surface area (Å²) in [7, 11) is 0. The number of amides is 1. The van der Waals surface area contributed by atoms with Crippen LogP contribution < -0.4 is 5.32 Å². The third kappa shape index (κ3) is 2.83. The highest BCUT2D eigenvalue weighted by atomic mass is 79.9. The number of rotatable bonds is 2. The van der Waals surface area contributed by atoms with Crippen molar-refractivity contribution < 1.29 is 4.79 Å². The zero-order chi connectivity index (χ0) is 12.5. The third-order valence-electron chi connectivity index (χ3n) is 3.43. The first-order valence-electron chi connectivity index (χ1n) is 5.78. The van der Waals surface area contributed by atoms with E-state index in [0.717, 1.165) is 35.8 Å². The Kier molecular flexibility index (Phi) is 3.79.